The van der Waals surface area contributed by atoms with Gasteiger partial charge in [0.15, 0.2) is 0 Å². The molecule has 1 aliphatic heterocycles. The number of nitrogens with one attached hydrogen (secondary N) is 1. The molecule has 202 valence electrons. The van der Waals surface area contributed by atoms with Crippen LogP contribution in [0, 0.1) is 17.2 Å². The van der Waals surface area contributed by atoms with Crippen LogP contribution in [0.3, 0.4) is 0 Å². The Bertz CT molecular complexity index is 1330. The molecule has 10 nitrogen and oxygen atoms in total. The molecule has 0 aliphatic carbocycles. The number of hydrogen-bond acceptors (Lipinski definition) is 8. The van der Waals surface area contributed by atoms with Crippen molar-refractivity contribution < 1.29 is 19.4 Å². The molecule has 1 fully saturated rings. The number of hydrogen-bond donors (Lipinski definition) is 2. The maximum absolute atomic E-state index is 12.2. The Hall–Kier alpha value is -3.84. The van der Waals surface area contributed by atoms with E-state index >= 15 is 0 Å². The highest BCUT2D eigenvalue weighted by Gasteiger charge is 2.29. The zero-order valence-electron chi connectivity index (χ0n) is 22.9. The Kier molecular flexibility index (Phi) is 7.51. The van der Waals surface area contributed by atoms with Crippen LogP contribution in [0.15, 0.2) is 36.8 Å². The molecule has 0 radical (unpaired) electrons. The number of nitriles is 1. The molecule has 2 unspecified atom stereocenters. The molecule has 0 aromatic carbocycles. The molecule has 1 aliphatic rings. The highest BCUT2D eigenvalue weighted by atomic mass is 16.6. The van der Waals surface area contributed by atoms with Gasteiger partial charge < -0.3 is 24.8 Å². The molecule has 38 heavy (non-hydrogen) atoms. The number of rotatable bonds is 6. The SMILES string of the molecule is CC1CN(c2ccc(-c3cc(OCC(C)(C)O)cn4ncc(C#N)c34)cn2)CCC1NC(=O)OC(C)(C)C. The van der Waals surface area contributed by atoms with Crippen molar-refractivity contribution >= 4 is 17.4 Å². The molecule has 10 heteroatoms. The van der Waals surface area contributed by atoms with Gasteiger partial charge in [0.1, 0.15) is 29.8 Å². The fraction of sp³-hybridized carbons (Fsp3) is 0.500. The van der Waals surface area contributed by atoms with Crippen molar-refractivity contribution in [2.45, 2.75) is 65.2 Å². The first-order valence-corrected chi connectivity index (χ1v) is 12.8. The molecular weight excluding hydrogens is 484 g/mol. The molecule has 3 aromatic rings. The number of carbonyl (C=O) groups excluding carboxylic acids is 1. The number of pyridine rings is 2. The van der Waals surface area contributed by atoms with Crippen LogP contribution in [-0.2, 0) is 4.74 Å². The third-order valence-corrected chi connectivity index (χ3v) is 6.29. The first kappa shape index (κ1) is 27.2. The second-order valence-corrected chi connectivity index (χ2v) is 11.5. The predicted octanol–water partition coefficient (Wildman–Crippen LogP) is 4.16. The molecule has 0 bridgehead atoms. The summed E-state index contributed by atoms with van der Waals surface area (Å²) in [6.45, 7) is 12.6. The average molecular weight is 521 g/mol. The summed E-state index contributed by atoms with van der Waals surface area (Å²) in [6.07, 6.45) is 5.41. The number of aromatic nitrogens is 3. The number of piperidine rings is 1. The minimum Gasteiger partial charge on any atom is -0.489 e. The van der Waals surface area contributed by atoms with Crippen LogP contribution in [0.4, 0.5) is 10.6 Å². The van der Waals surface area contributed by atoms with Gasteiger partial charge in [0, 0.05) is 36.5 Å². The highest BCUT2D eigenvalue weighted by molar-refractivity contribution is 5.85. The molecule has 0 saturated carbocycles. The summed E-state index contributed by atoms with van der Waals surface area (Å²) < 4.78 is 12.8. The summed E-state index contributed by atoms with van der Waals surface area (Å²) in [5, 5.41) is 27.0. The van der Waals surface area contributed by atoms with Crippen molar-refractivity contribution in [3.63, 3.8) is 0 Å². The van der Waals surface area contributed by atoms with Crippen molar-refractivity contribution in [2.24, 2.45) is 5.92 Å². The Balaban J connectivity index is 1.52. The minimum absolute atomic E-state index is 0.0339. The van der Waals surface area contributed by atoms with Gasteiger partial charge >= 0.3 is 6.09 Å². The Morgan fingerprint density at radius 2 is 2.03 bits per heavy atom. The van der Waals surface area contributed by atoms with Gasteiger partial charge in [-0.2, -0.15) is 10.4 Å². The number of ether oxygens (including phenoxy) is 2. The lowest BCUT2D eigenvalue weighted by atomic mass is 9.94. The number of aliphatic hydroxyl groups is 1. The van der Waals surface area contributed by atoms with E-state index in [1.165, 1.54) is 6.20 Å². The van der Waals surface area contributed by atoms with Crippen molar-refractivity contribution in [1.82, 2.24) is 19.9 Å². The molecule has 4 heterocycles. The van der Waals surface area contributed by atoms with E-state index in [0.29, 0.717) is 16.8 Å². The molecule has 1 amide bonds. The molecule has 0 spiro atoms. The summed E-state index contributed by atoms with van der Waals surface area (Å²) in [4.78, 5) is 19.2. The summed E-state index contributed by atoms with van der Waals surface area (Å²) in [5.74, 6) is 1.59. The summed E-state index contributed by atoms with van der Waals surface area (Å²) >= 11 is 0. The van der Waals surface area contributed by atoms with Crippen LogP contribution in [0.25, 0.3) is 16.6 Å². The standard InChI is InChI=1S/C28H36N6O4/c1-18-15-33(10-9-23(18)32-26(35)38-27(2,3)4)24-8-7-19(13-30-24)22-11-21(37-17-28(5,6)36)16-34-25(22)20(12-29)14-31-34/h7-8,11,13-14,16,18,23,36H,9-10,15,17H2,1-6H3,(H,32,35). The van der Waals surface area contributed by atoms with E-state index in [4.69, 9.17) is 14.5 Å². The zero-order chi connectivity index (χ0) is 27.7. The lowest BCUT2D eigenvalue weighted by Crippen LogP contribution is -2.51. The first-order chi connectivity index (χ1) is 17.8. The van der Waals surface area contributed by atoms with Crippen molar-refractivity contribution in [2.75, 3.05) is 24.6 Å². The monoisotopic (exact) mass is 520 g/mol. The normalized spacial score (nSPS) is 18.2. The van der Waals surface area contributed by atoms with Gasteiger partial charge in [0.05, 0.1) is 29.1 Å². The van der Waals surface area contributed by atoms with Gasteiger partial charge in [-0.25, -0.2) is 14.3 Å². The lowest BCUT2D eigenvalue weighted by Gasteiger charge is -2.38. The van der Waals surface area contributed by atoms with E-state index in [9.17, 15) is 15.2 Å². The van der Waals surface area contributed by atoms with Gasteiger partial charge in [-0.3, -0.25) is 0 Å². The van der Waals surface area contributed by atoms with Crippen LogP contribution >= 0.6 is 0 Å². The molecule has 4 rings (SSSR count). The van der Waals surface area contributed by atoms with Crippen LogP contribution in [0.5, 0.6) is 5.75 Å². The van der Waals surface area contributed by atoms with Crippen LogP contribution < -0.4 is 15.0 Å². The van der Waals surface area contributed by atoms with Gasteiger partial charge in [0.25, 0.3) is 0 Å². The number of amides is 1. The first-order valence-electron chi connectivity index (χ1n) is 12.8. The third-order valence-electron chi connectivity index (χ3n) is 6.29. The van der Waals surface area contributed by atoms with Gasteiger partial charge in [0.2, 0.25) is 0 Å². The number of alkyl carbamates (subject to hydrolysis) is 1. The second-order valence-electron chi connectivity index (χ2n) is 11.5. The largest absolute Gasteiger partial charge is 0.489 e. The predicted molar refractivity (Wildman–Crippen MR) is 144 cm³/mol. The molecule has 2 N–H and O–H groups in total. The number of nitrogens with zero attached hydrogens (tertiary/aromatic N) is 5. The van der Waals surface area contributed by atoms with Crippen LogP contribution in [0.2, 0.25) is 0 Å². The van der Waals surface area contributed by atoms with E-state index in [1.54, 1.807) is 30.8 Å². The van der Waals surface area contributed by atoms with E-state index in [0.717, 1.165) is 36.5 Å². The fourth-order valence-electron chi connectivity index (χ4n) is 4.50. The smallest absolute Gasteiger partial charge is 0.407 e. The van der Waals surface area contributed by atoms with Crippen LogP contribution in [-0.4, -0.2) is 62.7 Å². The average Bonchev–Trinajstić information content (AvgIpc) is 3.25. The Labute approximate surface area is 223 Å². The summed E-state index contributed by atoms with van der Waals surface area (Å²) in [7, 11) is 0. The fourth-order valence-corrected chi connectivity index (χ4v) is 4.50. The maximum atomic E-state index is 12.2. The molecule has 3 aromatic heterocycles. The maximum Gasteiger partial charge on any atom is 0.407 e. The molecule has 2 atom stereocenters. The van der Waals surface area contributed by atoms with Gasteiger partial charge in [-0.05, 0) is 65.2 Å². The van der Waals surface area contributed by atoms with Crippen molar-refractivity contribution in [3.05, 3.63) is 42.4 Å². The number of fused-ring (bicyclic) bond motifs is 1. The van der Waals surface area contributed by atoms with E-state index in [-0.39, 0.29) is 24.7 Å². The molecular formula is C28H36N6O4. The van der Waals surface area contributed by atoms with Crippen molar-refractivity contribution in [1.29, 1.82) is 5.26 Å². The minimum atomic E-state index is -0.993. The van der Waals surface area contributed by atoms with E-state index in [2.05, 4.69) is 28.3 Å². The summed E-state index contributed by atoms with van der Waals surface area (Å²) in [6, 6.07) is 8.02. The third kappa shape index (κ3) is 6.53. The highest BCUT2D eigenvalue weighted by Crippen LogP contribution is 2.32. The van der Waals surface area contributed by atoms with Gasteiger partial charge in [-0.15, -0.1) is 0 Å². The van der Waals surface area contributed by atoms with Crippen molar-refractivity contribution in [3.8, 4) is 22.9 Å². The molecule has 1 saturated heterocycles. The van der Waals surface area contributed by atoms with Gasteiger partial charge in [-0.1, -0.05) is 6.92 Å². The van der Waals surface area contributed by atoms with E-state index in [1.807, 2.05) is 39.0 Å². The lowest BCUT2D eigenvalue weighted by molar-refractivity contribution is 0.0283. The zero-order valence-corrected chi connectivity index (χ0v) is 22.9. The number of carbonyl (C=O) groups is 1. The number of anilines is 1. The Morgan fingerprint density at radius 1 is 1.26 bits per heavy atom. The van der Waals surface area contributed by atoms with E-state index < -0.39 is 11.2 Å². The summed E-state index contributed by atoms with van der Waals surface area (Å²) in [5.41, 5.74) is 1.18. The quantitative estimate of drug-likeness (QED) is 0.496. The van der Waals surface area contributed by atoms with Crippen LogP contribution in [0.1, 0.15) is 53.5 Å². The topological polar surface area (TPSA) is 125 Å². The second kappa shape index (κ2) is 10.5. The Morgan fingerprint density at radius 3 is 2.63 bits per heavy atom.